The lowest BCUT2D eigenvalue weighted by Crippen LogP contribution is -2.12. The lowest BCUT2D eigenvalue weighted by atomic mass is 10.1. The second-order valence-corrected chi connectivity index (χ2v) is 3.05. The molecule has 1 heterocycles. The number of hydrogen-bond acceptors (Lipinski definition) is 4. The standard InChI is InChI=1S/C9H7N3O3/c1-12-7-3-2-5(8(13)9(14)15)4-6(7)10-11-12/h2-4H,1H3,(H,14,15). The van der Waals surface area contributed by atoms with Crippen molar-refractivity contribution in [1.82, 2.24) is 15.0 Å². The molecule has 2 aromatic rings. The van der Waals surface area contributed by atoms with Gasteiger partial charge >= 0.3 is 5.97 Å². The van der Waals surface area contributed by atoms with Gasteiger partial charge in [0.1, 0.15) is 5.52 Å². The van der Waals surface area contributed by atoms with Crippen molar-refractivity contribution >= 4 is 22.8 Å². The molecule has 0 saturated carbocycles. The zero-order chi connectivity index (χ0) is 11.0. The second kappa shape index (κ2) is 3.16. The molecule has 1 N–H and O–H groups in total. The lowest BCUT2D eigenvalue weighted by Gasteiger charge is -1.95. The summed E-state index contributed by atoms with van der Waals surface area (Å²) in [6, 6.07) is 4.48. The van der Waals surface area contributed by atoms with Crippen molar-refractivity contribution in [3.8, 4) is 0 Å². The predicted molar refractivity (Wildman–Crippen MR) is 50.5 cm³/mol. The van der Waals surface area contributed by atoms with E-state index >= 15 is 0 Å². The summed E-state index contributed by atoms with van der Waals surface area (Å²) in [5.41, 5.74) is 1.36. The smallest absolute Gasteiger partial charge is 0.377 e. The van der Waals surface area contributed by atoms with Gasteiger partial charge in [-0.15, -0.1) is 5.10 Å². The van der Waals surface area contributed by atoms with Crippen LogP contribution in [0, 0.1) is 0 Å². The Morgan fingerprint density at radius 2 is 2.13 bits per heavy atom. The summed E-state index contributed by atoms with van der Waals surface area (Å²) in [5, 5.41) is 16.1. The van der Waals surface area contributed by atoms with Crippen LogP contribution < -0.4 is 0 Å². The van der Waals surface area contributed by atoms with Gasteiger partial charge in [0, 0.05) is 12.6 Å². The van der Waals surface area contributed by atoms with Crippen LogP contribution in [-0.2, 0) is 11.8 Å². The van der Waals surface area contributed by atoms with Crippen molar-refractivity contribution in [1.29, 1.82) is 0 Å². The maximum absolute atomic E-state index is 11.1. The first-order chi connectivity index (χ1) is 7.09. The molecule has 0 radical (unpaired) electrons. The van der Waals surface area contributed by atoms with Gasteiger partial charge in [-0.1, -0.05) is 5.21 Å². The number of aryl methyl sites for hydroxylation is 1. The summed E-state index contributed by atoms with van der Waals surface area (Å²) in [7, 11) is 1.72. The number of carbonyl (C=O) groups is 2. The van der Waals surface area contributed by atoms with E-state index in [-0.39, 0.29) is 5.56 Å². The van der Waals surface area contributed by atoms with Crippen LogP contribution in [0.25, 0.3) is 11.0 Å². The topological polar surface area (TPSA) is 85.1 Å². The zero-order valence-electron chi connectivity index (χ0n) is 7.84. The summed E-state index contributed by atoms with van der Waals surface area (Å²) >= 11 is 0. The average molecular weight is 205 g/mol. The number of carbonyl (C=O) groups excluding carboxylic acids is 1. The van der Waals surface area contributed by atoms with E-state index in [0.717, 1.165) is 5.52 Å². The van der Waals surface area contributed by atoms with Gasteiger partial charge in [-0.3, -0.25) is 4.79 Å². The number of carboxylic acids is 1. The SMILES string of the molecule is Cn1nnc2cc(C(=O)C(=O)O)ccc21. The normalized spacial score (nSPS) is 10.5. The Balaban J connectivity index is 2.57. The molecule has 0 atom stereocenters. The molecule has 0 spiro atoms. The number of nitrogens with zero attached hydrogens (tertiary/aromatic N) is 3. The first kappa shape index (κ1) is 9.32. The van der Waals surface area contributed by atoms with Crippen LogP contribution in [0.5, 0.6) is 0 Å². The van der Waals surface area contributed by atoms with E-state index in [2.05, 4.69) is 10.3 Å². The van der Waals surface area contributed by atoms with E-state index < -0.39 is 11.8 Å². The van der Waals surface area contributed by atoms with Gasteiger partial charge in [-0.25, -0.2) is 9.48 Å². The van der Waals surface area contributed by atoms with Crippen LogP contribution in [-0.4, -0.2) is 31.9 Å². The molecule has 1 aromatic carbocycles. The number of aliphatic carboxylic acids is 1. The van der Waals surface area contributed by atoms with Gasteiger partial charge in [0.25, 0.3) is 5.78 Å². The largest absolute Gasteiger partial charge is 0.475 e. The highest BCUT2D eigenvalue weighted by atomic mass is 16.4. The zero-order valence-corrected chi connectivity index (χ0v) is 7.84. The van der Waals surface area contributed by atoms with Crippen LogP contribution in [0.2, 0.25) is 0 Å². The minimum Gasteiger partial charge on any atom is -0.475 e. The predicted octanol–water partition coefficient (Wildman–Crippen LogP) is 0.236. The summed E-state index contributed by atoms with van der Waals surface area (Å²) in [6.07, 6.45) is 0. The first-order valence-corrected chi connectivity index (χ1v) is 4.16. The highest BCUT2D eigenvalue weighted by molar-refractivity contribution is 6.40. The van der Waals surface area contributed by atoms with Crippen LogP contribution in [0.4, 0.5) is 0 Å². The van der Waals surface area contributed by atoms with Gasteiger partial charge < -0.3 is 5.11 Å². The molecule has 0 saturated heterocycles. The number of aromatic nitrogens is 3. The van der Waals surface area contributed by atoms with Crippen molar-refractivity contribution in [2.45, 2.75) is 0 Å². The van der Waals surface area contributed by atoms with Gasteiger partial charge in [-0.2, -0.15) is 0 Å². The third-order valence-corrected chi connectivity index (χ3v) is 2.07. The summed E-state index contributed by atoms with van der Waals surface area (Å²) < 4.78 is 1.55. The minimum atomic E-state index is -1.47. The van der Waals surface area contributed by atoms with E-state index in [4.69, 9.17) is 5.11 Å². The Kier molecular flexibility index (Phi) is 1.96. The Morgan fingerprint density at radius 1 is 1.40 bits per heavy atom. The van der Waals surface area contributed by atoms with Gasteiger partial charge in [0.15, 0.2) is 0 Å². The summed E-state index contributed by atoms with van der Waals surface area (Å²) in [4.78, 5) is 21.6. The molecule has 0 bridgehead atoms. The molecular formula is C9H7N3O3. The molecule has 0 aliphatic rings. The summed E-state index contributed by atoms with van der Waals surface area (Å²) in [6.45, 7) is 0. The molecule has 15 heavy (non-hydrogen) atoms. The molecule has 6 heteroatoms. The fraction of sp³-hybridized carbons (Fsp3) is 0.111. The second-order valence-electron chi connectivity index (χ2n) is 3.05. The molecule has 0 fully saturated rings. The molecule has 0 aliphatic heterocycles. The van der Waals surface area contributed by atoms with Crippen molar-refractivity contribution in [3.05, 3.63) is 23.8 Å². The summed E-state index contributed by atoms with van der Waals surface area (Å²) in [5.74, 6) is -2.42. The van der Waals surface area contributed by atoms with E-state index in [1.54, 1.807) is 17.8 Å². The third kappa shape index (κ3) is 1.45. The van der Waals surface area contributed by atoms with Gasteiger partial charge in [-0.05, 0) is 18.2 Å². The maximum atomic E-state index is 11.1. The first-order valence-electron chi connectivity index (χ1n) is 4.16. The average Bonchev–Trinajstić information content (AvgIpc) is 2.59. The fourth-order valence-corrected chi connectivity index (χ4v) is 1.31. The Hall–Kier alpha value is -2.24. The van der Waals surface area contributed by atoms with Crippen LogP contribution in [0.3, 0.4) is 0 Å². The van der Waals surface area contributed by atoms with Crippen molar-refractivity contribution < 1.29 is 14.7 Å². The van der Waals surface area contributed by atoms with E-state index in [1.807, 2.05) is 0 Å². The number of Topliss-reactive ketones (excluding diaryl/α,β-unsaturated/α-hetero) is 1. The highest BCUT2D eigenvalue weighted by Gasteiger charge is 2.15. The maximum Gasteiger partial charge on any atom is 0.377 e. The van der Waals surface area contributed by atoms with Gasteiger partial charge in [0.2, 0.25) is 0 Å². The Labute approximate surface area is 84.1 Å². The molecular weight excluding hydrogens is 198 g/mol. The molecule has 0 aliphatic carbocycles. The molecule has 2 rings (SSSR count). The molecule has 0 amide bonds. The van der Waals surface area contributed by atoms with Gasteiger partial charge in [0.05, 0.1) is 5.52 Å². The Bertz CT molecular complexity index is 559. The van der Waals surface area contributed by atoms with Crippen molar-refractivity contribution in [3.63, 3.8) is 0 Å². The minimum absolute atomic E-state index is 0.107. The van der Waals surface area contributed by atoms with E-state index in [9.17, 15) is 9.59 Å². The molecule has 6 nitrogen and oxygen atoms in total. The van der Waals surface area contributed by atoms with E-state index in [1.165, 1.54) is 12.1 Å². The number of carboxylic acid groups (broad SMARTS) is 1. The lowest BCUT2D eigenvalue weighted by molar-refractivity contribution is -0.131. The number of ketones is 1. The molecule has 0 unspecified atom stereocenters. The van der Waals surface area contributed by atoms with Crippen molar-refractivity contribution in [2.24, 2.45) is 7.05 Å². The number of rotatable bonds is 2. The van der Waals surface area contributed by atoms with Crippen LogP contribution >= 0.6 is 0 Å². The molecule has 1 aromatic heterocycles. The molecule has 76 valence electrons. The number of benzene rings is 1. The van der Waals surface area contributed by atoms with Crippen molar-refractivity contribution in [2.75, 3.05) is 0 Å². The van der Waals surface area contributed by atoms with Crippen LogP contribution in [0.1, 0.15) is 10.4 Å². The highest BCUT2D eigenvalue weighted by Crippen LogP contribution is 2.12. The Morgan fingerprint density at radius 3 is 2.80 bits per heavy atom. The number of hydrogen-bond donors (Lipinski definition) is 1. The third-order valence-electron chi connectivity index (χ3n) is 2.07. The monoisotopic (exact) mass is 205 g/mol. The van der Waals surface area contributed by atoms with Crippen LogP contribution in [0.15, 0.2) is 18.2 Å². The number of fused-ring (bicyclic) bond motifs is 1. The quantitative estimate of drug-likeness (QED) is 0.560. The fourth-order valence-electron chi connectivity index (χ4n) is 1.31. The van der Waals surface area contributed by atoms with E-state index in [0.29, 0.717) is 5.52 Å².